The van der Waals surface area contributed by atoms with E-state index in [1.165, 1.54) is 21.4 Å². The van der Waals surface area contributed by atoms with Gasteiger partial charge in [0.15, 0.2) is 0 Å². The number of hydrogen-bond acceptors (Lipinski definition) is 4. The lowest BCUT2D eigenvalue weighted by Gasteiger charge is -2.19. The molecular weight excluding hydrogens is 340 g/mol. The fraction of sp³-hybridized carbons (Fsp3) is 0.316. The maximum Gasteiger partial charge on any atom is 0.137 e. The highest BCUT2D eigenvalue weighted by Gasteiger charge is 2.18. The van der Waals surface area contributed by atoms with E-state index < -0.39 is 0 Å². The molecule has 0 atom stereocenters. The van der Waals surface area contributed by atoms with Gasteiger partial charge < -0.3 is 4.74 Å². The molecule has 5 heteroatoms. The van der Waals surface area contributed by atoms with Crippen LogP contribution in [0.5, 0.6) is 5.75 Å². The molecule has 0 saturated heterocycles. The molecule has 1 aliphatic heterocycles. The first-order valence-electron chi connectivity index (χ1n) is 8.13. The number of ether oxygens (including phenoxy) is 1. The third-order valence-corrected chi connectivity index (χ3v) is 5.93. The summed E-state index contributed by atoms with van der Waals surface area (Å²) < 4.78 is 6.61. The lowest BCUT2D eigenvalue weighted by Crippen LogP contribution is -2.25. The minimum atomic E-state index is 0.776. The van der Waals surface area contributed by atoms with Crippen molar-refractivity contribution in [3.63, 3.8) is 0 Å². The number of hydrogen-bond donors (Lipinski definition) is 0. The van der Waals surface area contributed by atoms with Crippen LogP contribution in [0.1, 0.15) is 16.7 Å². The predicted molar refractivity (Wildman–Crippen MR) is 100 cm³/mol. The van der Waals surface area contributed by atoms with E-state index in [2.05, 4.69) is 34.1 Å². The van der Waals surface area contributed by atoms with Gasteiger partial charge in [-0.15, -0.1) is 11.3 Å². The zero-order valence-electron chi connectivity index (χ0n) is 13.6. The van der Waals surface area contributed by atoms with Crippen molar-refractivity contribution in [3.8, 4) is 5.75 Å². The maximum absolute atomic E-state index is 6.51. The zero-order valence-corrected chi connectivity index (χ0v) is 15.2. The first-order chi connectivity index (χ1) is 11.7. The van der Waals surface area contributed by atoms with Gasteiger partial charge in [0.25, 0.3) is 0 Å². The monoisotopic (exact) mass is 358 g/mol. The van der Waals surface area contributed by atoms with E-state index in [-0.39, 0.29) is 0 Å². The smallest absolute Gasteiger partial charge is 0.137 e. The Bertz CT molecular complexity index is 877. The molecule has 0 unspecified atom stereocenters. The summed E-state index contributed by atoms with van der Waals surface area (Å²) >= 11 is 8.20. The van der Waals surface area contributed by atoms with Crippen molar-refractivity contribution in [2.75, 3.05) is 20.2 Å². The maximum atomic E-state index is 6.51. The summed E-state index contributed by atoms with van der Waals surface area (Å²) in [6.07, 6.45) is 1.99. The number of aromatic nitrogens is 1. The van der Waals surface area contributed by atoms with Crippen molar-refractivity contribution < 1.29 is 4.74 Å². The van der Waals surface area contributed by atoms with Gasteiger partial charge in [0.05, 0.1) is 27.9 Å². The lowest BCUT2D eigenvalue weighted by atomic mass is 10.0. The number of thiazole rings is 1. The van der Waals surface area contributed by atoms with E-state index >= 15 is 0 Å². The van der Waals surface area contributed by atoms with Crippen LogP contribution in [-0.4, -0.2) is 30.1 Å². The average molecular weight is 359 g/mol. The highest BCUT2D eigenvalue weighted by atomic mass is 35.5. The second-order valence-corrected chi connectivity index (χ2v) is 7.41. The van der Waals surface area contributed by atoms with Crippen LogP contribution < -0.4 is 4.74 Å². The molecular formula is C19H19ClN2OS. The minimum absolute atomic E-state index is 0.776. The summed E-state index contributed by atoms with van der Waals surface area (Å²) in [5, 5.41) is 0.778. The van der Waals surface area contributed by atoms with Crippen LogP contribution in [0.2, 0.25) is 5.02 Å². The predicted octanol–water partition coefficient (Wildman–Crippen LogP) is 4.56. The van der Waals surface area contributed by atoms with E-state index in [0.717, 1.165) is 48.8 Å². The molecule has 0 saturated carbocycles. The highest BCUT2D eigenvalue weighted by Crippen LogP contribution is 2.33. The number of halogens is 1. The fourth-order valence-electron chi connectivity index (χ4n) is 3.38. The third-order valence-electron chi connectivity index (χ3n) is 4.70. The van der Waals surface area contributed by atoms with Gasteiger partial charge in [-0.05, 0) is 47.7 Å². The summed E-state index contributed by atoms with van der Waals surface area (Å²) in [4.78, 5) is 6.92. The molecule has 3 nitrogen and oxygen atoms in total. The Morgan fingerprint density at radius 3 is 2.96 bits per heavy atom. The molecule has 0 spiro atoms. The topological polar surface area (TPSA) is 25.4 Å². The molecule has 24 heavy (non-hydrogen) atoms. The second kappa shape index (κ2) is 6.71. The molecule has 0 bridgehead atoms. The van der Waals surface area contributed by atoms with Crippen LogP contribution in [0.15, 0.2) is 35.8 Å². The molecule has 0 radical (unpaired) electrons. The van der Waals surface area contributed by atoms with Gasteiger partial charge in [-0.3, -0.25) is 4.90 Å². The summed E-state index contributed by atoms with van der Waals surface area (Å²) in [6, 6.07) is 10.7. The zero-order chi connectivity index (χ0) is 16.5. The number of nitrogens with zero attached hydrogens (tertiary/aromatic N) is 2. The van der Waals surface area contributed by atoms with E-state index in [0.29, 0.717) is 0 Å². The van der Waals surface area contributed by atoms with E-state index in [9.17, 15) is 0 Å². The fourth-order valence-corrected chi connectivity index (χ4v) is 4.40. The summed E-state index contributed by atoms with van der Waals surface area (Å²) in [6.45, 7) is 3.01. The van der Waals surface area contributed by atoms with Crippen LogP contribution in [0.25, 0.3) is 10.2 Å². The number of rotatable bonds is 3. The van der Waals surface area contributed by atoms with Crippen molar-refractivity contribution in [1.29, 1.82) is 0 Å². The Kier molecular flexibility index (Phi) is 4.44. The first-order valence-corrected chi connectivity index (χ1v) is 9.39. The number of fused-ring (bicyclic) bond motifs is 2. The average Bonchev–Trinajstić information content (AvgIpc) is 2.96. The molecule has 0 N–H and O–H groups in total. The second-order valence-electron chi connectivity index (χ2n) is 6.15. The molecule has 1 aromatic heterocycles. The number of methoxy groups -OCH3 is 1. The Morgan fingerprint density at radius 1 is 1.21 bits per heavy atom. The molecule has 0 aliphatic carbocycles. The van der Waals surface area contributed by atoms with Crippen LogP contribution >= 0.6 is 22.9 Å². The number of benzene rings is 2. The van der Waals surface area contributed by atoms with Gasteiger partial charge >= 0.3 is 0 Å². The highest BCUT2D eigenvalue weighted by molar-refractivity contribution is 7.16. The van der Waals surface area contributed by atoms with Crippen molar-refractivity contribution >= 4 is 33.2 Å². The molecule has 2 aromatic carbocycles. The van der Waals surface area contributed by atoms with Crippen molar-refractivity contribution in [2.24, 2.45) is 0 Å². The Hall–Kier alpha value is -1.62. The molecule has 0 amide bonds. The molecule has 1 aliphatic rings. The lowest BCUT2D eigenvalue weighted by molar-refractivity contribution is 0.279. The Labute approximate surface area is 150 Å². The standard InChI is InChI=1S/C19H19ClN2OS/c1-23-17-4-3-14-6-8-22(9-7-15(14)19(17)20)11-13-2-5-18-16(10-13)21-12-24-18/h2-5,10,12H,6-9,11H2,1H3. The molecule has 124 valence electrons. The van der Waals surface area contributed by atoms with Gasteiger partial charge in [0, 0.05) is 19.6 Å². The Balaban J connectivity index is 1.52. The minimum Gasteiger partial charge on any atom is -0.495 e. The van der Waals surface area contributed by atoms with Crippen molar-refractivity contribution in [3.05, 3.63) is 57.6 Å². The summed E-state index contributed by atoms with van der Waals surface area (Å²) in [5.74, 6) is 0.776. The van der Waals surface area contributed by atoms with Crippen molar-refractivity contribution in [1.82, 2.24) is 9.88 Å². The molecule has 2 heterocycles. The quantitative estimate of drug-likeness (QED) is 0.686. The molecule has 4 rings (SSSR count). The van der Waals surface area contributed by atoms with Gasteiger partial charge in [0.1, 0.15) is 5.75 Å². The molecule has 0 fully saturated rings. The van der Waals surface area contributed by atoms with Crippen LogP contribution in [0, 0.1) is 0 Å². The molecule has 3 aromatic rings. The summed E-state index contributed by atoms with van der Waals surface area (Å²) in [7, 11) is 1.67. The van der Waals surface area contributed by atoms with Gasteiger partial charge in [-0.25, -0.2) is 4.98 Å². The van der Waals surface area contributed by atoms with E-state index in [1.807, 2.05) is 11.6 Å². The largest absolute Gasteiger partial charge is 0.495 e. The van der Waals surface area contributed by atoms with E-state index in [4.69, 9.17) is 16.3 Å². The van der Waals surface area contributed by atoms with Gasteiger partial charge in [-0.1, -0.05) is 23.7 Å². The normalized spacial score (nSPS) is 15.2. The van der Waals surface area contributed by atoms with Gasteiger partial charge in [-0.2, -0.15) is 0 Å². The van der Waals surface area contributed by atoms with E-state index in [1.54, 1.807) is 18.4 Å². The first kappa shape index (κ1) is 15.9. The SMILES string of the molecule is COc1ccc2c(c1Cl)CCN(Cc1ccc3scnc3c1)CC2. The van der Waals surface area contributed by atoms with Crippen LogP contribution in [0.4, 0.5) is 0 Å². The Morgan fingerprint density at radius 2 is 2.08 bits per heavy atom. The van der Waals surface area contributed by atoms with Crippen LogP contribution in [-0.2, 0) is 19.4 Å². The van der Waals surface area contributed by atoms with Gasteiger partial charge in [0.2, 0.25) is 0 Å². The van der Waals surface area contributed by atoms with Crippen molar-refractivity contribution in [2.45, 2.75) is 19.4 Å². The summed E-state index contributed by atoms with van der Waals surface area (Å²) in [5.41, 5.74) is 6.92. The van der Waals surface area contributed by atoms with Crippen LogP contribution in [0.3, 0.4) is 0 Å². The third kappa shape index (κ3) is 3.02.